The van der Waals surface area contributed by atoms with Crippen molar-refractivity contribution < 1.29 is 17.1 Å². The van der Waals surface area contributed by atoms with Crippen LogP contribution in [0.5, 0.6) is 5.75 Å². The molecule has 1 aliphatic rings. The number of nitrogens with zero attached hydrogens (tertiary/aromatic N) is 1. The van der Waals surface area contributed by atoms with Crippen molar-refractivity contribution in [3.63, 3.8) is 0 Å². The van der Waals surface area contributed by atoms with Gasteiger partial charge in [0.25, 0.3) is 5.91 Å². The van der Waals surface area contributed by atoms with Gasteiger partial charge in [0.05, 0.1) is 12.7 Å². The summed E-state index contributed by atoms with van der Waals surface area (Å²) in [6, 6.07) is 7.17. The second-order valence-corrected chi connectivity index (χ2v) is 6.29. The second kappa shape index (κ2) is 7.13. The quantitative estimate of drug-likeness (QED) is 0.775. The lowest BCUT2D eigenvalue weighted by Crippen LogP contribution is -2.40. The van der Waals surface area contributed by atoms with E-state index in [2.05, 4.69) is 0 Å². The molecule has 0 N–H and O–H groups in total. The number of ether oxygens (including phenoxy) is 1. The summed E-state index contributed by atoms with van der Waals surface area (Å²) in [5, 5.41) is 0. The Kier molecular flexibility index (Phi) is 5.49. The van der Waals surface area contributed by atoms with Gasteiger partial charge in [-0.15, -0.1) is 0 Å². The number of methoxy groups -OCH3 is 1. The highest BCUT2D eigenvalue weighted by Crippen LogP contribution is 2.19. The Morgan fingerprint density at radius 2 is 1.95 bits per heavy atom. The molecule has 0 atom stereocenters. The van der Waals surface area contributed by atoms with Crippen molar-refractivity contribution in [2.45, 2.75) is 0 Å². The van der Waals surface area contributed by atoms with Gasteiger partial charge in [0.1, 0.15) is 5.75 Å². The first-order chi connectivity index (χ1) is 9.22. The molecule has 1 saturated heterocycles. The monoisotopic (exact) mass is 299 g/mol. The zero-order valence-corrected chi connectivity index (χ0v) is 12.6. The Labute approximate surface area is 121 Å². The molecule has 0 saturated carbocycles. The van der Waals surface area contributed by atoms with Gasteiger partial charge in [-0.05, 0) is 12.1 Å². The largest absolute Gasteiger partial charge is 0.813 e. The molecule has 102 valence electrons. The van der Waals surface area contributed by atoms with Crippen LogP contribution >= 0.6 is 10.0 Å². The number of benzene rings is 1. The van der Waals surface area contributed by atoms with Gasteiger partial charge in [-0.2, -0.15) is 10.0 Å². The minimum Gasteiger partial charge on any atom is -0.496 e. The fraction of sp³-hybridized carbons (Fsp3) is 0.417. The lowest BCUT2D eigenvalue weighted by Gasteiger charge is -2.26. The second-order valence-electron chi connectivity index (χ2n) is 4.01. The van der Waals surface area contributed by atoms with Crippen LogP contribution in [-0.4, -0.2) is 58.1 Å². The van der Waals surface area contributed by atoms with Crippen molar-refractivity contribution >= 4 is 29.9 Å². The molecule has 0 spiro atoms. The number of para-hydroxylation sites is 1. The molecule has 0 radical (unpaired) electrons. The topological polar surface area (TPSA) is 48.0 Å². The minimum atomic E-state index is -2.01. The van der Waals surface area contributed by atoms with Crippen LogP contribution < -0.4 is 4.74 Å². The van der Waals surface area contributed by atoms with Crippen LogP contribution in [0, 0.1) is 0 Å². The van der Waals surface area contributed by atoms with Crippen molar-refractivity contribution in [2.24, 2.45) is 0 Å². The lowest BCUT2D eigenvalue weighted by atomic mass is 10.1. The van der Waals surface area contributed by atoms with Crippen molar-refractivity contribution in [3.05, 3.63) is 29.8 Å². The first-order valence-electron chi connectivity index (χ1n) is 6.02. The summed E-state index contributed by atoms with van der Waals surface area (Å²) < 4.78 is 15.8. The Bertz CT molecular complexity index is 435. The normalized spacial score (nSPS) is 16.7. The summed E-state index contributed by atoms with van der Waals surface area (Å²) >= 11 is -2.01. The third-order valence-electron chi connectivity index (χ3n) is 2.84. The van der Waals surface area contributed by atoms with Gasteiger partial charge in [0.2, 0.25) is 0 Å². The van der Waals surface area contributed by atoms with Crippen LogP contribution in [0.2, 0.25) is 0 Å². The zero-order chi connectivity index (χ0) is 13.7. The van der Waals surface area contributed by atoms with Gasteiger partial charge in [-0.1, -0.05) is 12.1 Å². The van der Waals surface area contributed by atoms with Crippen LogP contribution in [0.4, 0.5) is 0 Å². The van der Waals surface area contributed by atoms with E-state index in [1.54, 1.807) is 24.1 Å². The molecule has 1 amide bonds. The van der Waals surface area contributed by atoms with Gasteiger partial charge in [0.15, 0.2) is 0 Å². The molecule has 1 heterocycles. The molecule has 0 aliphatic carbocycles. The molecule has 7 heteroatoms. The van der Waals surface area contributed by atoms with E-state index < -0.39 is 13.9 Å². The molecular weight excluding hydrogens is 285 g/mol. The number of hydrogen-bond donors (Lipinski definition) is 0. The summed E-state index contributed by atoms with van der Waals surface area (Å²) in [5.41, 5.74) is 0.547. The summed E-state index contributed by atoms with van der Waals surface area (Å²) in [6.07, 6.45) is 0. The SMILES string of the molecule is COc1ccccc1C(=O)N1CC[O][Al]([Cl])[O]CC1. The molecule has 1 aromatic rings. The van der Waals surface area contributed by atoms with Crippen LogP contribution in [0.1, 0.15) is 10.4 Å². The predicted octanol–water partition coefficient (Wildman–Crippen LogP) is 1.41. The van der Waals surface area contributed by atoms with Crippen LogP contribution in [0.25, 0.3) is 0 Å². The maximum Gasteiger partial charge on any atom is 0.813 e. The standard InChI is InChI=1S/C12H15NO4.Al.ClH/c1-17-11-5-3-2-4-10(11)12(16)13(6-8-14)7-9-15;;/h2-5H,6-9H2,1H3;;1H/q-2;+3;/p-1. The van der Waals surface area contributed by atoms with E-state index in [1.165, 1.54) is 0 Å². The number of halogens is 1. The summed E-state index contributed by atoms with van der Waals surface area (Å²) in [6.45, 7) is 1.83. The Hall–Kier alpha value is -0.768. The Balaban J connectivity index is 2.09. The van der Waals surface area contributed by atoms with Gasteiger partial charge >= 0.3 is 13.9 Å². The highest BCUT2D eigenvalue weighted by Gasteiger charge is 2.27. The maximum atomic E-state index is 12.4. The molecule has 0 bridgehead atoms. The van der Waals surface area contributed by atoms with Crippen LogP contribution in [-0.2, 0) is 7.58 Å². The summed E-state index contributed by atoms with van der Waals surface area (Å²) in [4.78, 5) is 14.1. The van der Waals surface area contributed by atoms with E-state index in [1.807, 2.05) is 12.1 Å². The maximum absolute atomic E-state index is 12.4. The Morgan fingerprint density at radius 3 is 2.58 bits per heavy atom. The summed E-state index contributed by atoms with van der Waals surface area (Å²) in [7, 11) is 7.41. The fourth-order valence-corrected chi connectivity index (χ4v) is 3.08. The number of carbonyl (C=O) groups is 1. The van der Waals surface area contributed by atoms with E-state index >= 15 is 0 Å². The van der Waals surface area contributed by atoms with E-state index in [4.69, 9.17) is 22.4 Å². The number of rotatable bonds is 2. The van der Waals surface area contributed by atoms with E-state index in [-0.39, 0.29) is 5.91 Å². The molecule has 0 aromatic heterocycles. The van der Waals surface area contributed by atoms with Gasteiger partial charge < -0.3 is 17.2 Å². The molecule has 19 heavy (non-hydrogen) atoms. The third-order valence-corrected chi connectivity index (χ3v) is 4.60. The number of amides is 1. The number of hydrogen-bond acceptors (Lipinski definition) is 4. The molecule has 5 nitrogen and oxygen atoms in total. The molecular formula is C12H15AlClNO4. The van der Waals surface area contributed by atoms with Gasteiger partial charge in [-0.25, -0.2) is 0 Å². The van der Waals surface area contributed by atoms with Crippen LogP contribution in [0.3, 0.4) is 0 Å². The molecule has 1 aromatic carbocycles. The first-order valence-corrected chi connectivity index (χ1v) is 8.71. The predicted molar refractivity (Wildman–Crippen MR) is 72.4 cm³/mol. The highest BCUT2D eigenvalue weighted by atomic mass is 35.6. The molecule has 1 aliphatic heterocycles. The average Bonchev–Trinajstić information content (AvgIpc) is 2.42. The highest BCUT2D eigenvalue weighted by molar-refractivity contribution is 6.99. The minimum absolute atomic E-state index is 0.0839. The number of carbonyl (C=O) groups excluding carboxylic acids is 1. The summed E-state index contributed by atoms with van der Waals surface area (Å²) in [5.74, 6) is 0.486. The molecule has 0 unspecified atom stereocenters. The van der Waals surface area contributed by atoms with Crippen LogP contribution in [0.15, 0.2) is 24.3 Å². The lowest BCUT2D eigenvalue weighted by molar-refractivity contribution is 0.0630. The van der Waals surface area contributed by atoms with E-state index in [0.29, 0.717) is 37.6 Å². The van der Waals surface area contributed by atoms with Crippen molar-refractivity contribution in [1.29, 1.82) is 0 Å². The van der Waals surface area contributed by atoms with E-state index in [9.17, 15) is 4.79 Å². The average molecular weight is 300 g/mol. The van der Waals surface area contributed by atoms with Gasteiger partial charge in [-0.3, -0.25) is 4.79 Å². The molecule has 2 rings (SSSR count). The van der Waals surface area contributed by atoms with Crippen molar-refractivity contribution in [3.8, 4) is 5.75 Å². The zero-order valence-electron chi connectivity index (χ0n) is 10.7. The smallest absolute Gasteiger partial charge is 0.496 e. The third kappa shape index (κ3) is 3.85. The first kappa shape index (κ1) is 14.6. The van der Waals surface area contributed by atoms with Crippen molar-refractivity contribution in [2.75, 3.05) is 33.4 Å². The van der Waals surface area contributed by atoms with E-state index in [0.717, 1.165) is 0 Å². The van der Waals surface area contributed by atoms with Gasteiger partial charge in [0, 0.05) is 26.3 Å². The van der Waals surface area contributed by atoms with Crippen molar-refractivity contribution in [1.82, 2.24) is 4.90 Å². The fourth-order valence-electron chi connectivity index (χ4n) is 1.87. The molecule has 1 fully saturated rings. The Morgan fingerprint density at radius 1 is 1.32 bits per heavy atom.